The maximum absolute atomic E-state index is 13.3. The fourth-order valence-electron chi connectivity index (χ4n) is 18.6. The summed E-state index contributed by atoms with van der Waals surface area (Å²) in [6, 6.07) is 25.1. The number of carbonyl (C=O) groups excluding carboxylic acids is 2. The Morgan fingerprint density at radius 3 is 1.34 bits per heavy atom. The Kier molecular flexibility index (Phi) is 25.9. The number of rotatable bonds is 9. The van der Waals surface area contributed by atoms with Crippen LogP contribution in [0.5, 0.6) is 0 Å². The van der Waals surface area contributed by atoms with Gasteiger partial charge in [-0.25, -0.2) is 19.9 Å². The Balaban J connectivity index is 0.000000127. The van der Waals surface area contributed by atoms with E-state index in [0.717, 1.165) is 196 Å². The summed E-state index contributed by atoms with van der Waals surface area (Å²) in [5.41, 5.74) is 20.3. The van der Waals surface area contributed by atoms with E-state index in [9.17, 15) is 14.9 Å². The van der Waals surface area contributed by atoms with E-state index in [1.807, 2.05) is 25.4 Å². The van der Waals surface area contributed by atoms with E-state index in [0.29, 0.717) is 47.1 Å². The van der Waals surface area contributed by atoms with Gasteiger partial charge in [-0.1, -0.05) is 66.2 Å². The van der Waals surface area contributed by atoms with Gasteiger partial charge in [-0.3, -0.25) is 49.1 Å². The third-order valence-corrected chi connectivity index (χ3v) is 26.9. The molecule has 8 aliphatic carbocycles. The summed E-state index contributed by atoms with van der Waals surface area (Å²) >= 11 is 5.37. The summed E-state index contributed by atoms with van der Waals surface area (Å²) in [7, 11) is 7.31. The number of halogens is 1. The highest BCUT2D eigenvalue weighted by Crippen LogP contribution is 2.63. The fraction of sp³-hybridized carbons (Fsp3) is 0.478. The van der Waals surface area contributed by atoms with Crippen LogP contribution in [0.25, 0.3) is 33.8 Å². The second-order valence-electron chi connectivity index (χ2n) is 34.4. The Bertz CT molecular complexity index is 4940. The molecule has 4 aromatic heterocycles. The first-order chi connectivity index (χ1) is 55.7. The second kappa shape index (κ2) is 35.5. The summed E-state index contributed by atoms with van der Waals surface area (Å²) in [5.74, 6) is 3.59. The smallest absolute Gasteiger partial charge is 0.399 e. The molecule has 10 aliphatic rings. The summed E-state index contributed by atoms with van der Waals surface area (Å²) in [4.78, 5) is 75.0. The number of aliphatic imine (C=N–C) groups is 2. The zero-order valence-electron chi connectivity index (χ0n) is 69.0. The van der Waals surface area contributed by atoms with E-state index in [2.05, 4.69) is 170 Å². The third kappa shape index (κ3) is 17.8. The number of hydrogen-bond acceptors (Lipinski definition) is 23. The molecule has 4 aromatic carbocycles. The maximum atomic E-state index is 13.3. The summed E-state index contributed by atoms with van der Waals surface area (Å²) in [6.45, 7) is 18.0. The van der Waals surface area contributed by atoms with Crippen molar-refractivity contribution in [3.63, 3.8) is 0 Å². The van der Waals surface area contributed by atoms with Gasteiger partial charge in [-0.2, -0.15) is 10.3 Å². The molecule has 606 valence electrons. The lowest BCUT2D eigenvalue weighted by Gasteiger charge is -2.45. The number of methoxy groups -OCH3 is 4. The molecule has 0 bridgehead atoms. The van der Waals surface area contributed by atoms with Crippen LogP contribution in [0.2, 0.25) is 24.8 Å². The molecule has 26 heteroatoms. The van der Waals surface area contributed by atoms with Gasteiger partial charge in [0, 0.05) is 146 Å². The molecule has 2 N–H and O–H groups in total. The molecule has 8 aromatic rings. The van der Waals surface area contributed by atoms with Gasteiger partial charge in [0.2, 0.25) is 17.9 Å². The summed E-state index contributed by atoms with van der Waals surface area (Å²) in [5, 5.41) is 11.3. The molecule has 23 nitrogen and oxygen atoms in total. The van der Waals surface area contributed by atoms with Crippen LogP contribution in [-0.4, -0.2) is 161 Å². The number of aromatic nitrogens is 8. The number of nitrogens with zero attached hydrogens (tertiary/aromatic N) is 13. The topological polar surface area (TPSA) is 292 Å². The van der Waals surface area contributed by atoms with Crippen molar-refractivity contribution in [2.45, 2.75) is 217 Å². The van der Waals surface area contributed by atoms with Gasteiger partial charge < -0.3 is 34.0 Å². The minimum absolute atomic E-state index is 0.0198. The van der Waals surface area contributed by atoms with Crippen LogP contribution in [-0.2, 0) is 64.5 Å². The van der Waals surface area contributed by atoms with Crippen molar-refractivity contribution in [2.75, 3.05) is 35.5 Å². The Labute approximate surface area is 688 Å². The predicted octanol–water partition coefficient (Wildman–Crippen LogP) is 15.7. The number of guanidine groups is 1. The molecular weight excluding hydrogens is 1500 g/mol. The molecule has 4 saturated carbocycles. The fourth-order valence-corrected chi connectivity index (χ4v) is 19.2. The van der Waals surface area contributed by atoms with Crippen LogP contribution in [0.15, 0.2) is 168 Å². The van der Waals surface area contributed by atoms with Crippen LogP contribution >= 0.6 is 11.6 Å². The first-order valence-corrected chi connectivity index (χ1v) is 44.3. The van der Waals surface area contributed by atoms with E-state index >= 15 is 0 Å². The number of ketones is 2. The Morgan fingerprint density at radius 2 is 0.948 bits per heavy atom. The lowest BCUT2D eigenvalue weighted by atomic mass is 9.66. The van der Waals surface area contributed by atoms with Crippen LogP contribution in [0.1, 0.15) is 185 Å². The van der Waals surface area contributed by atoms with Crippen LogP contribution in [0.3, 0.4) is 0 Å². The number of fused-ring (bicyclic) bond motifs is 6. The molecule has 6 heterocycles. The average molecular weight is 1600 g/mol. The minimum atomic E-state index is -1.21. The minimum Gasteiger partial charge on any atom is -0.399 e. The van der Waals surface area contributed by atoms with Crippen LogP contribution in [0, 0.1) is 33.1 Å². The van der Waals surface area contributed by atoms with Gasteiger partial charge in [0.25, 0.3) is 0 Å². The SMILES string of the molecule is C=C=N[Si](C)(C)C.COC1CCC2(CC1)Cc1ccc(-c3cnccn3)cc1C21N=C(N)N(C)O1.COC1CCC2(CC1)Cc1ccc(-c3cnccn3)cc1C2=NC#N.COC1CCC2(CC1)Cc1ccc(-c3cnccn3)cc1C2=O.COC1CCC2(CC1)Cc1ccc(B3OC(C)(C)C(C)(C)O3)cc1C2=O.Clc1cnccn1. The molecule has 116 heavy (non-hydrogen) atoms. The van der Waals surface area contributed by atoms with E-state index in [4.69, 9.17) is 55.4 Å². The third-order valence-electron chi connectivity index (χ3n) is 25.8. The van der Waals surface area contributed by atoms with Crippen molar-refractivity contribution in [3.05, 3.63) is 203 Å². The number of ether oxygens (including phenoxy) is 4. The molecule has 18 rings (SSSR count). The molecular formula is C90H108BClN14O9Si. The predicted molar refractivity (Wildman–Crippen MR) is 453 cm³/mol. The van der Waals surface area contributed by atoms with Gasteiger partial charge >= 0.3 is 7.12 Å². The normalized spacial score (nSPS) is 26.9. The number of nitrogens with two attached hydrogens (primary N) is 1. The Hall–Kier alpha value is -9.29. The Morgan fingerprint density at radius 1 is 0.543 bits per heavy atom. The molecule has 0 radical (unpaired) electrons. The first-order valence-electron chi connectivity index (χ1n) is 40.5. The van der Waals surface area contributed by atoms with Crippen LogP contribution in [0.4, 0.5) is 0 Å². The number of nitriles is 1. The van der Waals surface area contributed by atoms with E-state index in [1.54, 1.807) is 102 Å². The van der Waals surface area contributed by atoms with E-state index in [1.165, 1.54) is 28.5 Å². The summed E-state index contributed by atoms with van der Waals surface area (Å²) in [6.07, 6.45) is 42.6. The number of benzene rings is 4. The van der Waals surface area contributed by atoms with Crippen molar-refractivity contribution >= 4 is 61.5 Å². The zero-order valence-corrected chi connectivity index (χ0v) is 70.8. The monoisotopic (exact) mass is 1600 g/mol. The molecule has 1 saturated heterocycles. The highest BCUT2D eigenvalue weighted by molar-refractivity contribution is 6.75. The largest absolute Gasteiger partial charge is 0.494 e. The molecule has 5 spiro atoms. The maximum Gasteiger partial charge on any atom is 0.494 e. The van der Waals surface area contributed by atoms with Gasteiger partial charge in [-0.15, -0.1) is 0 Å². The lowest BCUT2D eigenvalue weighted by Crippen LogP contribution is -2.46. The molecule has 1 atom stereocenters. The quantitative estimate of drug-likeness (QED) is 0.0797. The molecule has 1 unspecified atom stereocenters. The van der Waals surface area contributed by atoms with Crippen molar-refractivity contribution in [1.29, 1.82) is 5.26 Å². The van der Waals surface area contributed by atoms with Gasteiger partial charge in [0.1, 0.15) is 5.15 Å². The van der Waals surface area contributed by atoms with Crippen molar-refractivity contribution in [3.8, 4) is 40.0 Å². The van der Waals surface area contributed by atoms with Gasteiger partial charge in [0.05, 0.1) is 83.2 Å². The second-order valence-corrected chi connectivity index (χ2v) is 39.3. The highest BCUT2D eigenvalue weighted by Gasteiger charge is 2.64. The van der Waals surface area contributed by atoms with E-state index < -0.39 is 21.1 Å². The lowest BCUT2D eigenvalue weighted by molar-refractivity contribution is -0.232. The van der Waals surface area contributed by atoms with Crippen molar-refractivity contribution in [1.82, 2.24) is 44.9 Å². The first kappa shape index (κ1) is 84.6. The number of carbonyl (C=O) groups is 2. The average Bonchev–Trinajstić information content (AvgIpc) is 1.53. The summed E-state index contributed by atoms with van der Waals surface area (Å²) < 4.78 is 38.4. The standard InChI is InChI=1S/C21H29BO4.C21H25N5O2.C20H20N4O.C19H20N2O2.C5H11NSi.C4H3ClN2/c1-19(2)20(3,4)26-22(25-19)15-7-6-14-13-21(18(23)17(14)12-15)10-8-16(24-5)9-11-21;1-26-19(22)25-21(28-26)17-11-14(18-13-23-9-10-24-18)3-4-15(17)12-20(21)7-5-16(27-2)6-8-20;1-25-16-4-6-20(7-5-16)11-15-3-2-14(18-12-22-8-9-23-18)10-17(15)19(20)24-13-21;1-23-15-4-6-19(7-5-15)11-14-3-2-13(10-16(14)18(19)22)17-12-20-8-9-21-17;1-5-6-7(2,3)4;5-4-3-6-1-2-7-4/h6-7,12,16H,8-11,13H2,1-5H3;3-4,9-11,13,16H,5-8,12H2,1-2H3,(H2,22,25);2-3,8-10,12,16H,4-7,11H2,1H3;2-3,8-10,12,15H,4-7,11H2,1H3;1H2,2-4H3;1-3H. The highest BCUT2D eigenvalue weighted by atomic mass is 35.5. The van der Waals surface area contributed by atoms with Gasteiger partial charge in [-0.05, 0) is 234 Å². The van der Waals surface area contributed by atoms with E-state index in [-0.39, 0.29) is 32.9 Å². The number of hydroxylamine groups is 2. The number of hydrogen-bond donors (Lipinski definition) is 1. The van der Waals surface area contributed by atoms with Crippen molar-refractivity contribution in [2.24, 2.45) is 42.0 Å². The van der Waals surface area contributed by atoms with Crippen molar-refractivity contribution < 1.29 is 42.7 Å². The molecule has 5 fully saturated rings. The molecule has 0 amide bonds. The molecule has 2 aliphatic heterocycles. The zero-order chi connectivity index (χ0) is 82.3. The van der Waals surface area contributed by atoms with Crippen LogP contribution < -0.4 is 11.2 Å². The number of Topliss-reactive ketones (excluding diaryl/α,β-unsaturated/α-hetero) is 2. The van der Waals surface area contributed by atoms with Gasteiger partial charge in [0.15, 0.2) is 19.8 Å².